The third kappa shape index (κ3) is 2.33. The molecule has 1 aliphatic rings. The minimum atomic E-state index is 1.06. The van der Waals surface area contributed by atoms with E-state index in [0.717, 1.165) is 26.1 Å². The van der Waals surface area contributed by atoms with E-state index in [1.165, 1.54) is 24.5 Å². The Morgan fingerprint density at radius 1 is 1.43 bits per heavy atom. The molecule has 0 amide bonds. The van der Waals surface area contributed by atoms with E-state index in [-0.39, 0.29) is 0 Å². The van der Waals surface area contributed by atoms with Crippen LogP contribution < -0.4 is 5.32 Å². The van der Waals surface area contributed by atoms with Crippen LogP contribution in [0.4, 0.5) is 0 Å². The number of aromatic nitrogens is 2. The van der Waals surface area contributed by atoms with Gasteiger partial charge in [0.15, 0.2) is 0 Å². The van der Waals surface area contributed by atoms with Crippen LogP contribution in [0.5, 0.6) is 0 Å². The van der Waals surface area contributed by atoms with Gasteiger partial charge in [0.1, 0.15) is 0 Å². The zero-order valence-electron chi connectivity index (χ0n) is 8.71. The third-order valence-electron chi connectivity index (χ3n) is 2.81. The molecule has 0 aliphatic carbocycles. The van der Waals surface area contributed by atoms with Crippen LogP contribution in [-0.4, -0.2) is 47.6 Å². The molecule has 0 radical (unpaired) electrons. The molecular weight excluding hydrogens is 176 g/mol. The number of aromatic amines is 1. The molecule has 2 heterocycles. The molecule has 0 unspecified atom stereocenters. The van der Waals surface area contributed by atoms with Crippen molar-refractivity contribution in [2.75, 3.05) is 32.7 Å². The summed E-state index contributed by atoms with van der Waals surface area (Å²) in [5.74, 6) is 0. The molecule has 14 heavy (non-hydrogen) atoms. The first-order chi connectivity index (χ1) is 6.86. The van der Waals surface area contributed by atoms with Crippen molar-refractivity contribution >= 4 is 0 Å². The van der Waals surface area contributed by atoms with E-state index >= 15 is 0 Å². The predicted octanol–water partition coefficient (Wildman–Crippen LogP) is 0.166. The van der Waals surface area contributed by atoms with Crippen molar-refractivity contribution in [2.45, 2.75) is 13.3 Å². The van der Waals surface area contributed by atoms with Crippen molar-refractivity contribution in [3.05, 3.63) is 17.7 Å². The number of aryl methyl sites for hydroxylation is 1. The molecule has 0 bridgehead atoms. The summed E-state index contributed by atoms with van der Waals surface area (Å²) >= 11 is 0. The SMILES string of the molecule is Cc1[nH]cnc1CCN1CCNCC1. The predicted molar refractivity (Wildman–Crippen MR) is 56.3 cm³/mol. The fourth-order valence-electron chi connectivity index (χ4n) is 1.84. The van der Waals surface area contributed by atoms with Crippen molar-refractivity contribution in [2.24, 2.45) is 0 Å². The highest BCUT2D eigenvalue weighted by Crippen LogP contribution is 2.03. The quantitative estimate of drug-likeness (QED) is 0.720. The molecule has 1 aromatic heterocycles. The Morgan fingerprint density at radius 2 is 2.21 bits per heavy atom. The molecule has 0 aromatic carbocycles. The molecule has 1 aromatic rings. The van der Waals surface area contributed by atoms with E-state index in [1.807, 2.05) is 0 Å². The van der Waals surface area contributed by atoms with Crippen molar-refractivity contribution < 1.29 is 0 Å². The van der Waals surface area contributed by atoms with Crippen LogP contribution in [0.15, 0.2) is 6.33 Å². The first-order valence-corrected chi connectivity index (χ1v) is 5.28. The summed E-state index contributed by atoms with van der Waals surface area (Å²) in [6, 6.07) is 0. The summed E-state index contributed by atoms with van der Waals surface area (Å²) in [6.07, 6.45) is 2.84. The van der Waals surface area contributed by atoms with Gasteiger partial charge >= 0.3 is 0 Å². The van der Waals surface area contributed by atoms with Gasteiger partial charge in [0.25, 0.3) is 0 Å². The van der Waals surface area contributed by atoms with Crippen molar-refractivity contribution in [3.8, 4) is 0 Å². The smallest absolute Gasteiger partial charge is 0.0925 e. The van der Waals surface area contributed by atoms with Crippen LogP contribution in [0.1, 0.15) is 11.4 Å². The van der Waals surface area contributed by atoms with Crippen LogP contribution in [0.3, 0.4) is 0 Å². The number of hydrogen-bond donors (Lipinski definition) is 2. The lowest BCUT2D eigenvalue weighted by Gasteiger charge is -2.26. The van der Waals surface area contributed by atoms with Gasteiger partial charge in [-0.25, -0.2) is 4.98 Å². The maximum atomic E-state index is 4.30. The van der Waals surface area contributed by atoms with Gasteiger partial charge in [-0.1, -0.05) is 0 Å². The lowest BCUT2D eigenvalue weighted by atomic mass is 10.2. The van der Waals surface area contributed by atoms with Crippen molar-refractivity contribution in [3.63, 3.8) is 0 Å². The number of H-pyrrole nitrogens is 1. The topological polar surface area (TPSA) is 44.0 Å². The van der Waals surface area contributed by atoms with Gasteiger partial charge < -0.3 is 15.2 Å². The van der Waals surface area contributed by atoms with Gasteiger partial charge in [0.2, 0.25) is 0 Å². The molecule has 4 heteroatoms. The lowest BCUT2D eigenvalue weighted by Crippen LogP contribution is -2.44. The number of nitrogens with one attached hydrogen (secondary N) is 2. The second-order valence-electron chi connectivity index (χ2n) is 3.82. The second kappa shape index (κ2) is 4.57. The molecular formula is C10H18N4. The summed E-state index contributed by atoms with van der Waals surface area (Å²) < 4.78 is 0. The van der Waals surface area contributed by atoms with Gasteiger partial charge in [-0.05, 0) is 6.92 Å². The van der Waals surface area contributed by atoms with Gasteiger partial charge in [0, 0.05) is 44.8 Å². The maximum Gasteiger partial charge on any atom is 0.0925 e. The van der Waals surface area contributed by atoms with Crippen LogP contribution in [0.25, 0.3) is 0 Å². The zero-order valence-corrected chi connectivity index (χ0v) is 8.71. The molecule has 0 saturated carbocycles. The van der Waals surface area contributed by atoms with E-state index in [2.05, 4.69) is 27.1 Å². The van der Waals surface area contributed by atoms with Gasteiger partial charge in [-0.15, -0.1) is 0 Å². The summed E-state index contributed by atoms with van der Waals surface area (Å²) in [5, 5.41) is 3.36. The highest BCUT2D eigenvalue weighted by Gasteiger charge is 2.10. The lowest BCUT2D eigenvalue weighted by molar-refractivity contribution is 0.243. The Kier molecular flexibility index (Phi) is 3.16. The maximum absolute atomic E-state index is 4.30. The van der Waals surface area contributed by atoms with E-state index in [0.29, 0.717) is 0 Å². The molecule has 1 aliphatic heterocycles. The minimum Gasteiger partial charge on any atom is -0.348 e. The van der Waals surface area contributed by atoms with Gasteiger partial charge in [0.05, 0.1) is 12.0 Å². The molecule has 0 atom stereocenters. The highest BCUT2D eigenvalue weighted by molar-refractivity contribution is 5.08. The van der Waals surface area contributed by atoms with E-state index < -0.39 is 0 Å². The molecule has 1 saturated heterocycles. The Bertz CT molecular complexity index is 275. The third-order valence-corrected chi connectivity index (χ3v) is 2.81. The van der Waals surface area contributed by atoms with E-state index in [1.54, 1.807) is 6.33 Å². The van der Waals surface area contributed by atoms with Crippen LogP contribution in [-0.2, 0) is 6.42 Å². The number of piperazine rings is 1. The van der Waals surface area contributed by atoms with E-state index in [4.69, 9.17) is 0 Å². The Balaban J connectivity index is 1.79. The monoisotopic (exact) mass is 194 g/mol. The molecule has 0 spiro atoms. The Morgan fingerprint density at radius 3 is 2.86 bits per heavy atom. The molecule has 2 N–H and O–H groups in total. The summed E-state index contributed by atoms with van der Waals surface area (Å²) in [5.41, 5.74) is 2.42. The largest absolute Gasteiger partial charge is 0.348 e. The first kappa shape index (κ1) is 9.68. The van der Waals surface area contributed by atoms with Crippen LogP contribution in [0, 0.1) is 6.92 Å². The second-order valence-corrected chi connectivity index (χ2v) is 3.82. The molecule has 78 valence electrons. The Labute approximate surface area is 84.7 Å². The summed E-state index contributed by atoms with van der Waals surface area (Å²) in [7, 11) is 0. The minimum absolute atomic E-state index is 1.06. The fourth-order valence-corrected chi connectivity index (χ4v) is 1.84. The number of imidazole rings is 1. The average molecular weight is 194 g/mol. The fraction of sp³-hybridized carbons (Fsp3) is 0.700. The Hall–Kier alpha value is -0.870. The van der Waals surface area contributed by atoms with E-state index in [9.17, 15) is 0 Å². The van der Waals surface area contributed by atoms with Crippen LogP contribution in [0.2, 0.25) is 0 Å². The zero-order chi connectivity index (χ0) is 9.80. The van der Waals surface area contributed by atoms with Crippen molar-refractivity contribution in [1.29, 1.82) is 0 Å². The van der Waals surface area contributed by atoms with Gasteiger partial charge in [-0.2, -0.15) is 0 Å². The van der Waals surface area contributed by atoms with Crippen LogP contribution >= 0.6 is 0 Å². The first-order valence-electron chi connectivity index (χ1n) is 5.28. The number of nitrogens with zero attached hydrogens (tertiary/aromatic N) is 2. The number of rotatable bonds is 3. The normalized spacial score (nSPS) is 18.6. The number of hydrogen-bond acceptors (Lipinski definition) is 3. The van der Waals surface area contributed by atoms with Gasteiger partial charge in [-0.3, -0.25) is 0 Å². The highest BCUT2D eigenvalue weighted by atomic mass is 15.2. The molecule has 2 rings (SSSR count). The molecule has 1 fully saturated rings. The average Bonchev–Trinajstić information content (AvgIpc) is 2.63. The molecule has 4 nitrogen and oxygen atoms in total. The summed E-state index contributed by atoms with van der Waals surface area (Å²) in [6.45, 7) is 7.81. The van der Waals surface area contributed by atoms with Crippen molar-refractivity contribution in [1.82, 2.24) is 20.2 Å². The summed E-state index contributed by atoms with van der Waals surface area (Å²) in [4.78, 5) is 9.91. The standard InChI is InChI=1S/C10H18N4/c1-9-10(13-8-12-9)2-5-14-6-3-11-4-7-14/h8,11H,2-7H2,1H3,(H,12,13).